The molecule has 2 N–H and O–H groups in total. The van der Waals surface area contributed by atoms with Gasteiger partial charge in [0.05, 0.1) is 31.3 Å². The normalized spacial score (nSPS) is 11.1. The summed E-state index contributed by atoms with van der Waals surface area (Å²) in [4.78, 5) is 16.3. The second-order valence-corrected chi connectivity index (χ2v) is 6.89. The van der Waals surface area contributed by atoms with E-state index in [1.54, 1.807) is 43.8 Å². The van der Waals surface area contributed by atoms with Crippen molar-refractivity contribution in [1.29, 1.82) is 5.26 Å². The minimum Gasteiger partial charge on any atom is -0.493 e. The van der Waals surface area contributed by atoms with Gasteiger partial charge in [0, 0.05) is 18.1 Å². The summed E-state index contributed by atoms with van der Waals surface area (Å²) in [5.74, 6) is 1.08. The van der Waals surface area contributed by atoms with Gasteiger partial charge in [-0.2, -0.15) is 5.26 Å². The lowest BCUT2D eigenvalue weighted by Crippen LogP contribution is -2.32. The molecular weight excluding hydrogens is 392 g/mol. The lowest BCUT2D eigenvalue weighted by Gasteiger charge is -2.17. The van der Waals surface area contributed by atoms with Crippen molar-refractivity contribution in [1.82, 2.24) is 10.3 Å². The van der Waals surface area contributed by atoms with Gasteiger partial charge in [0.15, 0.2) is 11.5 Å². The molecule has 158 valence electrons. The molecule has 1 unspecified atom stereocenters. The maximum Gasteiger partial charge on any atom is 0.239 e. The van der Waals surface area contributed by atoms with Crippen molar-refractivity contribution >= 4 is 11.6 Å². The van der Waals surface area contributed by atoms with Crippen molar-refractivity contribution in [2.75, 3.05) is 19.0 Å². The highest BCUT2D eigenvalue weighted by molar-refractivity contribution is 5.81. The SMILES string of the molecule is COc1cc(C(C)NC(=O)CNc2ccc(C#N)cc2)ccc1OCc1ccncc1. The fourth-order valence-electron chi connectivity index (χ4n) is 2.93. The molecule has 1 amide bonds. The number of nitrogens with one attached hydrogen (secondary N) is 2. The first-order chi connectivity index (χ1) is 15.1. The molecule has 0 aliphatic heterocycles. The minimum absolute atomic E-state index is 0.125. The van der Waals surface area contributed by atoms with Crippen LogP contribution >= 0.6 is 0 Å². The lowest BCUT2D eigenvalue weighted by molar-refractivity contribution is -0.120. The van der Waals surface area contributed by atoms with Gasteiger partial charge < -0.3 is 20.1 Å². The van der Waals surface area contributed by atoms with Crippen molar-refractivity contribution < 1.29 is 14.3 Å². The highest BCUT2D eigenvalue weighted by Crippen LogP contribution is 2.31. The highest BCUT2D eigenvalue weighted by Gasteiger charge is 2.13. The Morgan fingerprint density at radius 3 is 2.52 bits per heavy atom. The monoisotopic (exact) mass is 416 g/mol. The van der Waals surface area contributed by atoms with Crippen LogP contribution in [0, 0.1) is 11.3 Å². The van der Waals surface area contributed by atoms with Crippen LogP contribution in [0.2, 0.25) is 0 Å². The number of nitrogens with zero attached hydrogens (tertiary/aromatic N) is 2. The average molecular weight is 416 g/mol. The third-order valence-corrected chi connectivity index (χ3v) is 4.68. The quantitative estimate of drug-likeness (QED) is 0.550. The molecule has 0 aliphatic carbocycles. The first-order valence-electron chi connectivity index (χ1n) is 9.82. The molecule has 1 atom stereocenters. The van der Waals surface area contributed by atoms with Crippen LogP contribution in [-0.2, 0) is 11.4 Å². The van der Waals surface area contributed by atoms with Crippen LogP contribution in [0.1, 0.15) is 29.7 Å². The van der Waals surface area contributed by atoms with Gasteiger partial charge in [-0.05, 0) is 66.6 Å². The minimum atomic E-state index is -0.210. The summed E-state index contributed by atoms with van der Waals surface area (Å²) in [5, 5.41) is 14.8. The van der Waals surface area contributed by atoms with E-state index >= 15 is 0 Å². The Bertz CT molecular complexity index is 1050. The number of nitriles is 1. The Morgan fingerprint density at radius 1 is 1.10 bits per heavy atom. The van der Waals surface area contributed by atoms with Crippen molar-refractivity contribution in [3.63, 3.8) is 0 Å². The molecule has 1 heterocycles. The van der Waals surface area contributed by atoms with Gasteiger partial charge in [-0.15, -0.1) is 0 Å². The zero-order valence-corrected chi connectivity index (χ0v) is 17.5. The van der Waals surface area contributed by atoms with Gasteiger partial charge in [0.25, 0.3) is 0 Å². The number of ether oxygens (including phenoxy) is 2. The van der Waals surface area contributed by atoms with Gasteiger partial charge in [0.2, 0.25) is 5.91 Å². The smallest absolute Gasteiger partial charge is 0.239 e. The van der Waals surface area contributed by atoms with E-state index in [1.807, 2.05) is 37.3 Å². The molecule has 0 radical (unpaired) electrons. The molecule has 0 aliphatic rings. The molecule has 0 spiro atoms. The molecule has 3 aromatic rings. The van der Waals surface area contributed by atoms with Crippen LogP contribution in [0.3, 0.4) is 0 Å². The third-order valence-electron chi connectivity index (χ3n) is 4.68. The number of carbonyl (C=O) groups excluding carboxylic acids is 1. The fourth-order valence-corrected chi connectivity index (χ4v) is 2.93. The molecule has 2 aromatic carbocycles. The molecule has 3 rings (SSSR count). The fraction of sp³-hybridized carbons (Fsp3) is 0.208. The average Bonchev–Trinajstić information content (AvgIpc) is 2.82. The molecule has 0 fully saturated rings. The van der Waals surface area contributed by atoms with Crippen LogP contribution in [0.25, 0.3) is 0 Å². The number of hydrogen-bond acceptors (Lipinski definition) is 6. The van der Waals surface area contributed by atoms with Gasteiger partial charge in [-0.25, -0.2) is 0 Å². The molecule has 7 nitrogen and oxygen atoms in total. The van der Waals surface area contributed by atoms with E-state index in [0.29, 0.717) is 23.7 Å². The number of aromatic nitrogens is 1. The van der Waals surface area contributed by atoms with Gasteiger partial charge >= 0.3 is 0 Å². The second-order valence-electron chi connectivity index (χ2n) is 6.89. The molecular formula is C24H24N4O3. The number of amides is 1. The Labute approximate surface area is 181 Å². The summed E-state index contributed by atoms with van der Waals surface area (Å²) >= 11 is 0. The van der Waals surface area contributed by atoms with E-state index in [9.17, 15) is 4.79 Å². The van der Waals surface area contributed by atoms with Crippen molar-refractivity contribution in [2.24, 2.45) is 0 Å². The van der Waals surface area contributed by atoms with Crippen LogP contribution in [0.4, 0.5) is 5.69 Å². The van der Waals surface area contributed by atoms with Crippen molar-refractivity contribution in [3.8, 4) is 17.6 Å². The number of benzene rings is 2. The van der Waals surface area contributed by atoms with E-state index in [0.717, 1.165) is 16.8 Å². The largest absolute Gasteiger partial charge is 0.493 e. The number of pyridine rings is 1. The summed E-state index contributed by atoms with van der Waals surface area (Å²) in [6, 6.07) is 18.2. The summed E-state index contributed by atoms with van der Waals surface area (Å²) in [6.07, 6.45) is 3.44. The summed E-state index contributed by atoms with van der Waals surface area (Å²) in [7, 11) is 1.59. The maximum absolute atomic E-state index is 12.3. The van der Waals surface area contributed by atoms with Crippen LogP contribution in [-0.4, -0.2) is 24.5 Å². The first kappa shape index (κ1) is 21.7. The maximum atomic E-state index is 12.3. The predicted molar refractivity (Wildman–Crippen MR) is 118 cm³/mol. The predicted octanol–water partition coefficient (Wildman–Crippen LogP) is 3.83. The van der Waals surface area contributed by atoms with Crippen molar-refractivity contribution in [3.05, 3.63) is 83.7 Å². The van der Waals surface area contributed by atoms with Crippen LogP contribution in [0.5, 0.6) is 11.5 Å². The van der Waals surface area contributed by atoms with Gasteiger partial charge in [-0.1, -0.05) is 6.07 Å². The van der Waals surface area contributed by atoms with Gasteiger partial charge in [0.1, 0.15) is 6.61 Å². The van der Waals surface area contributed by atoms with E-state index in [4.69, 9.17) is 14.7 Å². The lowest BCUT2D eigenvalue weighted by atomic mass is 10.1. The molecule has 0 bridgehead atoms. The van der Waals surface area contributed by atoms with Crippen molar-refractivity contribution in [2.45, 2.75) is 19.6 Å². The molecule has 7 heteroatoms. The molecule has 0 saturated heterocycles. The highest BCUT2D eigenvalue weighted by atomic mass is 16.5. The van der Waals surface area contributed by atoms with Gasteiger partial charge in [-0.3, -0.25) is 9.78 Å². The Hall–Kier alpha value is -4.05. The standard InChI is InChI=1S/C24H24N4O3/c1-17(28-24(29)15-27-21-6-3-18(14-25)4-7-21)20-5-8-22(23(13-20)30-2)31-16-19-9-11-26-12-10-19/h3-13,17,27H,15-16H2,1-2H3,(H,28,29). The van der Waals surface area contributed by atoms with E-state index in [1.165, 1.54) is 0 Å². The van der Waals surface area contributed by atoms with Crippen LogP contribution in [0.15, 0.2) is 67.0 Å². The zero-order valence-electron chi connectivity index (χ0n) is 17.5. The summed E-state index contributed by atoms with van der Waals surface area (Å²) in [6.45, 7) is 2.44. The molecule has 1 aromatic heterocycles. The Kier molecular flexibility index (Phi) is 7.44. The van der Waals surface area contributed by atoms with E-state index < -0.39 is 0 Å². The third kappa shape index (κ3) is 6.21. The van der Waals surface area contributed by atoms with Crippen LogP contribution < -0.4 is 20.1 Å². The van der Waals surface area contributed by atoms with E-state index in [2.05, 4.69) is 21.7 Å². The number of hydrogen-bond donors (Lipinski definition) is 2. The second kappa shape index (κ2) is 10.6. The summed E-state index contributed by atoms with van der Waals surface area (Å²) in [5.41, 5.74) is 3.27. The number of anilines is 1. The number of methoxy groups -OCH3 is 1. The number of carbonyl (C=O) groups is 1. The topological polar surface area (TPSA) is 96.3 Å². The first-order valence-corrected chi connectivity index (χ1v) is 9.82. The van der Waals surface area contributed by atoms with E-state index in [-0.39, 0.29) is 18.5 Å². The Balaban J connectivity index is 1.55. The molecule has 31 heavy (non-hydrogen) atoms. The molecule has 0 saturated carbocycles. The Morgan fingerprint density at radius 2 is 1.84 bits per heavy atom. The number of rotatable bonds is 9. The zero-order chi connectivity index (χ0) is 22.1. The summed E-state index contributed by atoms with van der Waals surface area (Å²) < 4.78 is 11.3.